The topological polar surface area (TPSA) is 58.6 Å². The Balaban J connectivity index is 1.91. The number of amides is 3. The van der Waals surface area contributed by atoms with Crippen molar-refractivity contribution in [1.82, 2.24) is 10.2 Å². The summed E-state index contributed by atoms with van der Waals surface area (Å²) in [6, 6.07) is 9.92. The van der Waals surface area contributed by atoms with E-state index < -0.39 is 11.6 Å². The number of ether oxygens (including phenoxy) is 1. The van der Waals surface area contributed by atoms with Crippen LogP contribution in [0.25, 0.3) is 0 Å². The van der Waals surface area contributed by atoms with Gasteiger partial charge in [0.2, 0.25) is 0 Å². The molecule has 1 N–H and O–H groups in total. The molecule has 1 atom stereocenters. The molecule has 136 valence electrons. The van der Waals surface area contributed by atoms with Crippen LogP contribution in [0, 0.1) is 6.92 Å². The number of nitrogens with zero attached hydrogens (tertiary/aromatic N) is 1. The van der Waals surface area contributed by atoms with Crippen molar-refractivity contribution in [3.8, 4) is 5.75 Å². The third-order valence-electron chi connectivity index (χ3n) is 4.59. The highest BCUT2D eigenvalue weighted by Gasteiger charge is 2.49. The number of methoxy groups -OCH3 is 1. The number of imide groups is 1. The van der Waals surface area contributed by atoms with Crippen molar-refractivity contribution in [2.24, 2.45) is 0 Å². The molecule has 0 spiro atoms. The summed E-state index contributed by atoms with van der Waals surface area (Å²) in [6.45, 7) is 3.65. The number of rotatable bonds is 4. The van der Waals surface area contributed by atoms with E-state index in [0.29, 0.717) is 21.2 Å². The maximum atomic E-state index is 13.0. The van der Waals surface area contributed by atoms with Crippen LogP contribution in [0.15, 0.2) is 36.4 Å². The van der Waals surface area contributed by atoms with Gasteiger partial charge in [0.1, 0.15) is 11.3 Å². The number of halogens is 2. The van der Waals surface area contributed by atoms with Gasteiger partial charge in [0.25, 0.3) is 5.91 Å². The average Bonchev–Trinajstić information content (AvgIpc) is 2.81. The van der Waals surface area contributed by atoms with E-state index in [-0.39, 0.29) is 12.5 Å². The van der Waals surface area contributed by atoms with Crippen LogP contribution in [0.1, 0.15) is 23.6 Å². The highest BCUT2D eigenvalue weighted by Crippen LogP contribution is 2.33. The summed E-state index contributed by atoms with van der Waals surface area (Å²) < 4.78 is 5.26. The third kappa shape index (κ3) is 3.13. The summed E-state index contributed by atoms with van der Waals surface area (Å²) >= 11 is 12.1. The van der Waals surface area contributed by atoms with Gasteiger partial charge in [-0.1, -0.05) is 35.3 Å². The number of nitrogens with one attached hydrogen (secondary N) is 1. The smallest absolute Gasteiger partial charge is 0.325 e. The van der Waals surface area contributed by atoms with Crippen LogP contribution >= 0.6 is 23.2 Å². The van der Waals surface area contributed by atoms with Crippen LogP contribution in [0.4, 0.5) is 4.79 Å². The molecule has 0 radical (unpaired) electrons. The second-order valence-electron chi connectivity index (χ2n) is 6.37. The lowest BCUT2D eigenvalue weighted by Gasteiger charge is -2.23. The summed E-state index contributed by atoms with van der Waals surface area (Å²) in [6.07, 6.45) is 0. The van der Waals surface area contributed by atoms with E-state index in [4.69, 9.17) is 27.9 Å². The van der Waals surface area contributed by atoms with Crippen molar-refractivity contribution in [2.45, 2.75) is 25.9 Å². The van der Waals surface area contributed by atoms with Crippen LogP contribution in [0.3, 0.4) is 0 Å². The van der Waals surface area contributed by atoms with Gasteiger partial charge < -0.3 is 10.1 Å². The Bertz CT molecular complexity index is 900. The van der Waals surface area contributed by atoms with Gasteiger partial charge in [-0.2, -0.15) is 0 Å². The molecule has 1 saturated heterocycles. The zero-order valence-corrected chi connectivity index (χ0v) is 16.1. The van der Waals surface area contributed by atoms with Gasteiger partial charge in [-0.25, -0.2) is 4.79 Å². The predicted octanol–water partition coefficient (Wildman–Crippen LogP) is 4.28. The molecule has 1 aliphatic heterocycles. The Morgan fingerprint density at radius 3 is 2.50 bits per heavy atom. The first-order valence-electron chi connectivity index (χ1n) is 7.99. The number of carbonyl (C=O) groups excluding carboxylic acids is 2. The minimum absolute atomic E-state index is 0.0748. The Morgan fingerprint density at radius 1 is 1.15 bits per heavy atom. The van der Waals surface area contributed by atoms with E-state index in [1.54, 1.807) is 44.4 Å². The van der Waals surface area contributed by atoms with Gasteiger partial charge in [-0.15, -0.1) is 0 Å². The summed E-state index contributed by atoms with van der Waals surface area (Å²) in [7, 11) is 1.59. The number of carbonyl (C=O) groups is 2. The van der Waals surface area contributed by atoms with Gasteiger partial charge in [-0.05, 0) is 54.8 Å². The predicted molar refractivity (Wildman–Crippen MR) is 101 cm³/mol. The van der Waals surface area contributed by atoms with E-state index >= 15 is 0 Å². The SMILES string of the molecule is COc1ccc(C2(C)NC(=O)N(Cc3ccc(Cl)cc3Cl)C2=O)cc1C. The number of aryl methyl sites for hydroxylation is 1. The van der Waals surface area contributed by atoms with Crippen LogP contribution in [0.5, 0.6) is 5.75 Å². The zero-order valence-electron chi connectivity index (χ0n) is 14.6. The molecule has 0 saturated carbocycles. The molecule has 5 nitrogen and oxygen atoms in total. The molecule has 26 heavy (non-hydrogen) atoms. The molecule has 0 aromatic heterocycles. The van der Waals surface area contributed by atoms with E-state index in [0.717, 1.165) is 16.2 Å². The second-order valence-corrected chi connectivity index (χ2v) is 7.21. The number of benzene rings is 2. The maximum Gasteiger partial charge on any atom is 0.325 e. The lowest BCUT2D eigenvalue weighted by atomic mass is 9.90. The highest BCUT2D eigenvalue weighted by molar-refractivity contribution is 6.35. The summed E-state index contributed by atoms with van der Waals surface area (Å²) in [5, 5.41) is 3.69. The van der Waals surface area contributed by atoms with Crippen molar-refractivity contribution in [2.75, 3.05) is 7.11 Å². The molecule has 0 bridgehead atoms. The largest absolute Gasteiger partial charge is 0.496 e. The average molecular weight is 393 g/mol. The van der Waals surface area contributed by atoms with Crippen molar-refractivity contribution in [3.63, 3.8) is 0 Å². The second kappa shape index (κ2) is 6.82. The zero-order chi connectivity index (χ0) is 19.1. The van der Waals surface area contributed by atoms with Crippen LogP contribution in [0.2, 0.25) is 10.0 Å². The van der Waals surface area contributed by atoms with Gasteiger partial charge in [0.05, 0.1) is 13.7 Å². The molecule has 1 fully saturated rings. The fourth-order valence-electron chi connectivity index (χ4n) is 3.05. The van der Waals surface area contributed by atoms with Gasteiger partial charge >= 0.3 is 6.03 Å². The third-order valence-corrected chi connectivity index (χ3v) is 5.18. The lowest BCUT2D eigenvalue weighted by molar-refractivity contribution is -0.131. The van der Waals surface area contributed by atoms with Crippen molar-refractivity contribution in [3.05, 3.63) is 63.1 Å². The van der Waals surface area contributed by atoms with E-state index in [1.165, 1.54) is 0 Å². The molecule has 7 heteroatoms. The van der Waals surface area contributed by atoms with E-state index in [1.807, 2.05) is 13.0 Å². The van der Waals surface area contributed by atoms with Crippen molar-refractivity contribution >= 4 is 35.1 Å². The van der Waals surface area contributed by atoms with Crippen LogP contribution < -0.4 is 10.1 Å². The van der Waals surface area contributed by atoms with Gasteiger partial charge in [-0.3, -0.25) is 9.69 Å². The molecule has 1 unspecified atom stereocenters. The normalized spacial score (nSPS) is 19.7. The Hall–Kier alpha value is -2.24. The molecule has 2 aromatic carbocycles. The van der Waals surface area contributed by atoms with Crippen LogP contribution in [-0.4, -0.2) is 23.9 Å². The first-order chi connectivity index (χ1) is 12.3. The fourth-order valence-corrected chi connectivity index (χ4v) is 3.51. The minimum atomic E-state index is -1.15. The first-order valence-corrected chi connectivity index (χ1v) is 8.75. The summed E-state index contributed by atoms with van der Waals surface area (Å²) in [4.78, 5) is 26.7. The van der Waals surface area contributed by atoms with E-state index in [2.05, 4.69) is 5.32 Å². The van der Waals surface area contributed by atoms with Crippen molar-refractivity contribution in [1.29, 1.82) is 0 Å². The molecule has 1 heterocycles. The highest BCUT2D eigenvalue weighted by atomic mass is 35.5. The molecule has 0 aliphatic carbocycles. The number of hydrogen-bond donors (Lipinski definition) is 1. The number of urea groups is 1. The Kier molecular flexibility index (Phi) is 4.86. The molecule has 3 rings (SSSR count). The molecular weight excluding hydrogens is 375 g/mol. The molecular formula is C19H18Cl2N2O3. The van der Waals surface area contributed by atoms with Gasteiger partial charge in [0.15, 0.2) is 0 Å². The standard InChI is InChI=1S/C19H18Cl2N2O3/c1-11-8-13(5-7-16(11)26-3)19(2)17(24)23(18(25)22-19)10-12-4-6-14(20)9-15(12)21/h4-9H,10H2,1-3H3,(H,22,25). The first kappa shape index (κ1) is 18.5. The fraction of sp³-hybridized carbons (Fsp3) is 0.263. The van der Waals surface area contributed by atoms with Crippen molar-refractivity contribution < 1.29 is 14.3 Å². The number of hydrogen-bond acceptors (Lipinski definition) is 3. The Morgan fingerprint density at radius 2 is 1.88 bits per heavy atom. The summed E-state index contributed by atoms with van der Waals surface area (Å²) in [5.41, 5.74) is 1.08. The van der Waals surface area contributed by atoms with Gasteiger partial charge in [0, 0.05) is 10.0 Å². The quantitative estimate of drug-likeness (QED) is 0.789. The Labute approximate surface area is 161 Å². The molecule has 2 aromatic rings. The van der Waals surface area contributed by atoms with E-state index in [9.17, 15) is 9.59 Å². The molecule has 1 aliphatic rings. The monoisotopic (exact) mass is 392 g/mol. The van der Waals surface area contributed by atoms with Crippen LogP contribution in [-0.2, 0) is 16.9 Å². The maximum absolute atomic E-state index is 13.0. The summed E-state index contributed by atoms with van der Waals surface area (Å²) in [5.74, 6) is 0.386. The molecule has 3 amide bonds. The minimum Gasteiger partial charge on any atom is -0.496 e. The lowest BCUT2D eigenvalue weighted by Crippen LogP contribution is -2.40.